The molecule has 4 N–H and O–H groups in total. The van der Waals surface area contributed by atoms with Crippen molar-refractivity contribution in [2.75, 3.05) is 11.4 Å². The average Bonchev–Trinajstić information content (AvgIpc) is 3.22. The number of aromatic nitrogens is 3. The molecule has 10 nitrogen and oxygen atoms in total. The minimum absolute atomic E-state index is 0.0702. The Morgan fingerprint density at radius 1 is 0.909 bits per heavy atom. The molecule has 2 aromatic carbocycles. The normalized spacial score (nSPS) is 10.7. The Bertz CT molecular complexity index is 1130. The number of nitrogens with one attached hydrogen (secondary N) is 1. The van der Waals surface area contributed by atoms with Crippen LogP contribution in [0.4, 0.5) is 24.7 Å². The van der Waals surface area contributed by atoms with Crippen molar-refractivity contribution in [3.63, 3.8) is 0 Å². The van der Waals surface area contributed by atoms with Gasteiger partial charge in [-0.2, -0.15) is 18.4 Å². The van der Waals surface area contributed by atoms with Gasteiger partial charge in [-0.15, -0.1) is 10.2 Å². The van der Waals surface area contributed by atoms with Crippen LogP contribution in [0.3, 0.4) is 0 Å². The summed E-state index contributed by atoms with van der Waals surface area (Å²) in [5.41, 5.74) is 1.97. The van der Waals surface area contributed by atoms with Crippen LogP contribution in [0.25, 0.3) is 11.1 Å². The van der Waals surface area contributed by atoms with Crippen molar-refractivity contribution in [1.82, 2.24) is 15.4 Å². The van der Waals surface area contributed by atoms with Crippen LogP contribution in [-0.4, -0.2) is 61.4 Å². The van der Waals surface area contributed by atoms with E-state index in [2.05, 4.69) is 15.4 Å². The highest BCUT2D eigenvalue weighted by Crippen LogP contribution is 2.29. The molecule has 0 saturated heterocycles. The number of H-pyrrole nitrogens is 1. The van der Waals surface area contributed by atoms with Gasteiger partial charge in [0.1, 0.15) is 6.54 Å². The first-order valence-electron chi connectivity index (χ1n) is 8.69. The largest absolute Gasteiger partial charge is 0.490 e. The number of carbonyl (C=O) groups is 3. The summed E-state index contributed by atoms with van der Waals surface area (Å²) in [4.78, 5) is 32.6. The quantitative estimate of drug-likeness (QED) is 0.408. The lowest BCUT2D eigenvalue weighted by atomic mass is 10.1. The maximum Gasteiger partial charge on any atom is 0.490 e. The summed E-state index contributed by atoms with van der Waals surface area (Å²) in [6.07, 6.45) is -5.08. The van der Waals surface area contributed by atoms with Crippen LogP contribution in [0.1, 0.15) is 10.5 Å². The number of carboxylic acid groups (broad SMARTS) is 3. The highest BCUT2D eigenvalue weighted by Gasteiger charge is 2.38. The number of carboxylic acids is 3. The monoisotopic (exact) mass is 486 g/mol. The molecule has 0 fully saturated rings. The molecule has 3 aromatic rings. The van der Waals surface area contributed by atoms with E-state index in [1.54, 1.807) is 36.4 Å². The number of aromatic carboxylic acids is 1. The van der Waals surface area contributed by atoms with E-state index in [1.807, 2.05) is 12.1 Å². The van der Waals surface area contributed by atoms with E-state index in [0.717, 1.165) is 11.1 Å². The second-order valence-corrected chi connectivity index (χ2v) is 6.57. The second kappa shape index (κ2) is 10.5. The Balaban J connectivity index is 0.000000479. The summed E-state index contributed by atoms with van der Waals surface area (Å²) < 4.78 is 31.7. The predicted molar refractivity (Wildman–Crippen MR) is 109 cm³/mol. The van der Waals surface area contributed by atoms with Crippen LogP contribution < -0.4 is 4.90 Å². The maximum absolute atomic E-state index is 11.3. The lowest BCUT2D eigenvalue weighted by Gasteiger charge is -2.20. The molecule has 0 saturated carbocycles. The van der Waals surface area contributed by atoms with Crippen LogP contribution in [0.15, 0.2) is 48.5 Å². The molecule has 0 aliphatic heterocycles. The molecule has 0 unspecified atom stereocenters. The van der Waals surface area contributed by atoms with Gasteiger partial charge in [-0.25, -0.2) is 9.59 Å². The minimum Gasteiger partial charge on any atom is -0.480 e. The van der Waals surface area contributed by atoms with Crippen LogP contribution >= 0.6 is 11.6 Å². The number of rotatable bonds is 6. The number of aliphatic carboxylic acids is 2. The first-order chi connectivity index (χ1) is 15.4. The van der Waals surface area contributed by atoms with Gasteiger partial charge < -0.3 is 20.2 Å². The molecular weight excluding hydrogens is 473 g/mol. The Kier molecular flexibility index (Phi) is 7.96. The fraction of sp³-hybridized carbons (Fsp3) is 0.105. The molecule has 0 atom stereocenters. The maximum atomic E-state index is 11.3. The van der Waals surface area contributed by atoms with Crippen molar-refractivity contribution in [3.05, 3.63) is 59.2 Å². The molecule has 0 aliphatic carbocycles. The van der Waals surface area contributed by atoms with Gasteiger partial charge in [0, 0.05) is 10.7 Å². The Morgan fingerprint density at radius 2 is 1.39 bits per heavy atom. The van der Waals surface area contributed by atoms with Gasteiger partial charge in [0.15, 0.2) is 5.82 Å². The summed E-state index contributed by atoms with van der Waals surface area (Å²) in [7, 11) is 0. The van der Waals surface area contributed by atoms with Gasteiger partial charge in [-0.05, 0) is 35.4 Å². The zero-order chi connectivity index (χ0) is 24.8. The SMILES string of the molecule is O=C(O)C(F)(F)F.O=C(O)CN(c1ccc(-c2ccc(Cl)cc2)cc1)c1n[nH]nc1C(=O)O. The van der Waals surface area contributed by atoms with Crippen molar-refractivity contribution in [3.8, 4) is 11.1 Å². The second-order valence-electron chi connectivity index (χ2n) is 6.14. The summed E-state index contributed by atoms with van der Waals surface area (Å²) in [5, 5.41) is 35.7. The highest BCUT2D eigenvalue weighted by atomic mass is 35.5. The van der Waals surface area contributed by atoms with E-state index in [-0.39, 0.29) is 11.5 Å². The average molecular weight is 487 g/mol. The fourth-order valence-electron chi connectivity index (χ4n) is 2.46. The van der Waals surface area contributed by atoms with E-state index >= 15 is 0 Å². The molecule has 1 heterocycles. The van der Waals surface area contributed by atoms with E-state index in [0.29, 0.717) is 10.7 Å². The molecule has 174 valence electrons. The number of hydrogen-bond donors (Lipinski definition) is 4. The number of alkyl halides is 3. The first-order valence-corrected chi connectivity index (χ1v) is 9.07. The molecular formula is C19H14ClF3N4O6. The van der Waals surface area contributed by atoms with Gasteiger partial charge >= 0.3 is 24.1 Å². The zero-order valence-corrected chi connectivity index (χ0v) is 17.0. The fourth-order valence-corrected chi connectivity index (χ4v) is 2.58. The van der Waals surface area contributed by atoms with Gasteiger partial charge in [0.2, 0.25) is 5.69 Å². The zero-order valence-electron chi connectivity index (χ0n) is 16.2. The van der Waals surface area contributed by atoms with E-state index in [1.165, 1.54) is 4.90 Å². The third-order valence-electron chi connectivity index (χ3n) is 3.88. The molecule has 0 spiro atoms. The minimum atomic E-state index is -5.08. The number of hydrogen-bond acceptors (Lipinski definition) is 6. The van der Waals surface area contributed by atoms with E-state index in [4.69, 9.17) is 21.5 Å². The predicted octanol–water partition coefficient (Wildman–Crippen LogP) is 3.68. The van der Waals surface area contributed by atoms with E-state index in [9.17, 15) is 33.0 Å². The van der Waals surface area contributed by atoms with Crippen LogP contribution in [0, 0.1) is 0 Å². The van der Waals surface area contributed by atoms with Crippen molar-refractivity contribution >= 4 is 41.0 Å². The lowest BCUT2D eigenvalue weighted by molar-refractivity contribution is -0.192. The molecule has 33 heavy (non-hydrogen) atoms. The Labute approximate surface area is 187 Å². The summed E-state index contributed by atoms with van der Waals surface area (Å²) in [6, 6.07) is 14.3. The van der Waals surface area contributed by atoms with Crippen molar-refractivity contribution in [2.24, 2.45) is 0 Å². The topological polar surface area (TPSA) is 157 Å². The molecule has 3 rings (SSSR count). The summed E-state index contributed by atoms with van der Waals surface area (Å²) >= 11 is 5.89. The number of halogens is 4. The number of aromatic amines is 1. The Morgan fingerprint density at radius 3 is 1.82 bits per heavy atom. The van der Waals surface area contributed by atoms with Crippen LogP contribution in [-0.2, 0) is 9.59 Å². The molecule has 0 radical (unpaired) electrons. The third-order valence-corrected chi connectivity index (χ3v) is 4.13. The Hall–Kier alpha value is -4.13. The summed E-state index contributed by atoms with van der Waals surface area (Å²) in [6.45, 7) is -0.465. The molecule has 0 bridgehead atoms. The standard InChI is InChI=1S/C17H13ClN4O4.C2HF3O2/c18-12-5-1-10(2-6-12)11-3-7-13(8-4-11)22(9-14(23)24)16-15(17(25)26)19-21-20-16;3-2(4,5)1(6)7/h1-8H,9H2,(H,23,24)(H,25,26)(H,19,20,21);(H,6,7). The van der Waals surface area contributed by atoms with Gasteiger partial charge in [0.05, 0.1) is 0 Å². The van der Waals surface area contributed by atoms with Gasteiger partial charge in [-0.1, -0.05) is 35.9 Å². The summed E-state index contributed by atoms with van der Waals surface area (Å²) in [5.74, 6) is -5.26. The first kappa shape index (κ1) is 25.1. The number of anilines is 2. The van der Waals surface area contributed by atoms with Gasteiger partial charge in [0.25, 0.3) is 0 Å². The van der Waals surface area contributed by atoms with Crippen molar-refractivity contribution in [2.45, 2.75) is 6.18 Å². The smallest absolute Gasteiger partial charge is 0.480 e. The third kappa shape index (κ3) is 6.93. The highest BCUT2D eigenvalue weighted by molar-refractivity contribution is 6.30. The molecule has 0 amide bonds. The molecule has 0 aliphatic rings. The molecule has 1 aromatic heterocycles. The van der Waals surface area contributed by atoms with Crippen LogP contribution in [0.5, 0.6) is 0 Å². The van der Waals surface area contributed by atoms with E-state index < -0.39 is 30.6 Å². The number of benzene rings is 2. The van der Waals surface area contributed by atoms with Gasteiger partial charge in [-0.3, -0.25) is 4.79 Å². The lowest BCUT2D eigenvalue weighted by Crippen LogP contribution is -2.26. The van der Waals surface area contributed by atoms with Crippen molar-refractivity contribution < 1.29 is 42.9 Å². The molecule has 14 heteroatoms. The number of nitrogens with zero attached hydrogens (tertiary/aromatic N) is 3. The van der Waals surface area contributed by atoms with Crippen molar-refractivity contribution in [1.29, 1.82) is 0 Å². The van der Waals surface area contributed by atoms with Crippen LogP contribution in [0.2, 0.25) is 5.02 Å².